The maximum Gasteiger partial charge on any atom is 0.330 e. The Morgan fingerprint density at radius 3 is 2.60 bits per heavy atom. The quantitative estimate of drug-likeness (QED) is 0.579. The summed E-state index contributed by atoms with van der Waals surface area (Å²) in [5.74, 6) is -0.771. The highest BCUT2D eigenvalue weighted by molar-refractivity contribution is 5.35. The van der Waals surface area contributed by atoms with E-state index in [0.29, 0.717) is 6.20 Å². The third-order valence-electron chi connectivity index (χ3n) is 1.76. The van der Waals surface area contributed by atoms with Crippen LogP contribution < -0.4 is 5.43 Å². The number of halogens is 2. The Hall–Kier alpha value is -1.83. The van der Waals surface area contributed by atoms with Crippen molar-refractivity contribution in [3.05, 3.63) is 37.7 Å². The topological polar surface area (TPSA) is 96.2 Å². The smallest absolute Gasteiger partial charge is 0.330 e. The molecular formula is C7H6F2N2O4. The molecule has 8 heteroatoms. The molecule has 1 rings (SSSR count). The number of nitrogens with one attached hydrogen (secondary N) is 1. The Labute approximate surface area is 81.3 Å². The van der Waals surface area contributed by atoms with Gasteiger partial charge < -0.3 is 15.2 Å². The van der Waals surface area contributed by atoms with E-state index in [2.05, 4.69) is 0 Å². The molecule has 0 saturated carbocycles. The Morgan fingerprint density at radius 2 is 2.20 bits per heavy atom. The molecule has 0 spiro atoms. The van der Waals surface area contributed by atoms with E-state index in [0.717, 1.165) is 0 Å². The van der Waals surface area contributed by atoms with E-state index >= 15 is 0 Å². The zero-order chi connectivity index (χ0) is 11.6. The van der Waals surface area contributed by atoms with Gasteiger partial charge in [-0.3, -0.25) is 4.79 Å². The minimum Gasteiger partial charge on any atom is -0.391 e. The summed E-state index contributed by atoms with van der Waals surface area (Å²) < 4.78 is 24.4. The predicted octanol–water partition coefficient (Wildman–Crippen LogP) is 0.713. The summed E-state index contributed by atoms with van der Waals surface area (Å²) in [4.78, 5) is 22.5. The molecule has 1 heterocycles. The fraction of sp³-hybridized carbons (Fsp3) is 0.286. The summed E-state index contributed by atoms with van der Waals surface area (Å²) in [5.41, 5.74) is -2.78. The fourth-order valence-electron chi connectivity index (χ4n) is 1.05. The largest absolute Gasteiger partial charge is 0.391 e. The van der Waals surface area contributed by atoms with Crippen molar-refractivity contribution in [1.82, 2.24) is 4.98 Å². The molecule has 0 aliphatic rings. The summed E-state index contributed by atoms with van der Waals surface area (Å²) >= 11 is 0. The Morgan fingerprint density at radius 1 is 1.60 bits per heavy atom. The van der Waals surface area contributed by atoms with Gasteiger partial charge in [0.25, 0.3) is 6.43 Å². The first-order chi connectivity index (χ1) is 6.99. The number of rotatable bonds is 3. The second-order valence-electron chi connectivity index (χ2n) is 2.62. The van der Waals surface area contributed by atoms with Gasteiger partial charge in [-0.1, -0.05) is 0 Å². The van der Waals surface area contributed by atoms with Crippen molar-refractivity contribution in [2.45, 2.75) is 13.0 Å². The number of aliphatic hydroxyl groups is 1. The standard InChI is InChI=1S/C7H6F2N2O4/c8-6(9)3-1-10-7(11(14)15)4(2-12)5(3)13/h1,6,12H,2H2,(H,10,13). The van der Waals surface area contributed by atoms with Crippen LogP contribution in [-0.4, -0.2) is 15.0 Å². The minimum absolute atomic E-state index is 0.574. The molecule has 0 saturated heterocycles. The van der Waals surface area contributed by atoms with Gasteiger partial charge in [-0.2, -0.15) is 0 Å². The van der Waals surface area contributed by atoms with Crippen LogP contribution >= 0.6 is 0 Å². The van der Waals surface area contributed by atoms with Crippen LogP contribution in [0.5, 0.6) is 0 Å². The molecule has 0 aliphatic carbocycles. The van der Waals surface area contributed by atoms with E-state index in [9.17, 15) is 23.7 Å². The van der Waals surface area contributed by atoms with Gasteiger partial charge in [-0.15, -0.1) is 0 Å². The highest BCUT2D eigenvalue weighted by Gasteiger charge is 2.22. The highest BCUT2D eigenvalue weighted by Crippen LogP contribution is 2.18. The molecule has 0 aromatic carbocycles. The lowest BCUT2D eigenvalue weighted by Gasteiger charge is -2.02. The van der Waals surface area contributed by atoms with Crippen molar-refractivity contribution in [2.75, 3.05) is 0 Å². The number of H-pyrrole nitrogens is 1. The third kappa shape index (κ3) is 1.99. The number of aromatic amines is 1. The molecule has 0 bridgehead atoms. The number of pyridine rings is 1. The zero-order valence-electron chi connectivity index (χ0n) is 7.24. The first-order valence-electron chi connectivity index (χ1n) is 3.77. The maximum absolute atomic E-state index is 12.2. The Bertz CT molecular complexity index is 443. The van der Waals surface area contributed by atoms with Gasteiger partial charge in [0.1, 0.15) is 17.3 Å². The van der Waals surface area contributed by atoms with E-state index in [4.69, 9.17) is 5.11 Å². The van der Waals surface area contributed by atoms with Crippen molar-refractivity contribution in [3.8, 4) is 0 Å². The van der Waals surface area contributed by atoms with Gasteiger partial charge in [-0.05, 0) is 4.92 Å². The van der Waals surface area contributed by atoms with E-state index in [1.54, 1.807) is 0 Å². The summed E-state index contributed by atoms with van der Waals surface area (Å²) in [7, 11) is 0. The van der Waals surface area contributed by atoms with Gasteiger partial charge in [0.05, 0.1) is 6.61 Å². The van der Waals surface area contributed by atoms with Crippen molar-refractivity contribution >= 4 is 5.82 Å². The second-order valence-corrected chi connectivity index (χ2v) is 2.62. The van der Waals surface area contributed by atoms with E-state index in [1.165, 1.54) is 0 Å². The SMILES string of the molecule is O=c1c(C(F)F)c[nH]c([N+](=O)[O-])c1CO. The van der Waals surface area contributed by atoms with Gasteiger partial charge in [0.15, 0.2) is 0 Å². The molecule has 0 radical (unpaired) electrons. The molecule has 82 valence electrons. The molecule has 0 unspecified atom stereocenters. The predicted molar refractivity (Wildman–Crippen MR) is 44.6 cm³/mol. The van der Waals surface area contributed by atoms with Crippen molar-refractivity contribution in [2.24, 2.45) is 0 Å². The van der Waals surface area contributed by atoms with Gasteiger partial charge in [0.2, 0.25) is 5.43 Å². The van der Waals surface area contributed by atoms with Crippen LogP contribution in [-0.2, 0) is 6.61 Å². The van der Waals surface area contributed by atoms with Crippen LogP contribution in [0.3, 0.4) is 0 Å². The average Bonchev–Trinajstić information content (AvgIpc) is 2.16. The summed E-state index contributed by atoms with van der Waals surface area (Å²) in [5, 5.41) is 19.0. The fourth-order valence-corrected chi connectivity index (χ4v) is 1.05. The van der Waals surface area contributed by atoms with Gasteiger partial charge in [0, 0.05) is 0 Å². The lowest BCUT2D eigenvalue weighted by atomic mass is 10.2. The molecule has 0 atom stereocenters. The third-order valence-corrected chi connectivity index (χ3v) is 1.76. The molecular weight excluding hydrogens is 214 g/mol. The van der Waals surface area contributed by atoms with Crippen LogP contribution in [0.25, 0.3) is 0 Å². The van der Waals surface area contributed by atoms with Crippen LogP contribution in [0.4, 0.5) is 14.6 Å². The zero-order valence-corrected chi connectivity index (χ0v) is 7.24. The van der Waals surface area contributed by atoms with E-state index in [-0.39, 0.29) is 0 Å². The van der Waals surface area contributed by atoms with Gasteiger partial charge >= 0.3 is 5.82 Å². The number of hydrogen-bond acceptors (Lipinski definition) is 4. The Balaban J connectivity index is 3.46. The number of aromatic nitrogens is 1. The van der Waals surface area contributed by atoms with Crippen LogP contribution in [0.15, 0.2) is 11.0 Å². The molecule has 0 aliphatic heterocycles. The molecule has 1 aromatic rings. The van der Waals surface area contributed by atoms with E-state index in [1.807, 2.05) is 4.98 Å². The first kappa shape index (κ1) is 11.2. The molecule has 0 fully saturated rings. The number of nitro groups is 1. The van der Waals surface area contributed by atoms with Crippen LogP contribution in [0, 0.1) is 10.1 Å². The summed E-state index contributed by atoms with van der Waals surface area (Å²) in [6.07, 6.45) is -2.47. The summed E-state index contributed by atoms with van der Waals surface area (Å²) in [6, 6.07) is 0. The van der Waals surface area contributed by atoms with Crippen LogP contribution in [0.2, 0.25) is 0 Å². The normalized spacial score (nSPS) is 10.7. The molecule has 1 aromatic heterocycles. The molecule has 2 N–H and O–H groups in total. The Kier molecular flexibility index (Phi) is 3.10. The first-order valence-corrected chi connectivity index (χ1v) is 3.77. The number of aliphatic hydroxyl groups excluding tert-OH is 1. The lowest BCUT2D eigenvalue weighted by Crippen LogP contribution is -2.18. The highest BCUT2D eigenvalue weighted by atomic mass is 19.3. The molecule has 6 nitrogen and oxygen atoms in total. The number of nitrogens with zero attached hydrogens (tertiary/aromatic N) is 1. The lowest BCUT2D eigenvalue weighted by molar-refractivity contribution is -0.390. The monoisotopic (exact) mass is 220 g/mol. The number of hydrogen-bond donors (Lipinski definition) is 2. The van der Waals surface area contributed by atoms with Gasteiger partial charge in [-0.25, -0.2) is 13.8 Å². The van der Waals surface area contributed by atoms with Crippen LogP contribution in [0.1, 0.15) is 17.6 Å². The molecule has 15 heavy (non-hydrogen) atoms. The molecule has 0 amide bonds. The summed E-state index contributed by atoms with van der Waals surface area (Å²) in [6.45, 7) is -0.966. The minimum atomic E-state index is -3.04. The number of alkyl halides is 2. The van der Waals surface area contributed by atoms with Crippen molar-refractivity contribution < 1.29 is 18.8 Å². The average molecular weight is 220 g/mol. The second kappa shape index (κ2) is 4.13. The van der Waals surface area contributed by atoms with Crippen molar-refractivity contribution in [3.63, 3.8) is 0 Å². The van der Waals surface area contributed by atoms with E-state index < -0.39 is 40.3 Å². The van der Waals surface area contributed by atoms with Crippen molar-refractivity contribution in [1.29, 1.82) is 0 Å². The maximum atomic E-state index is 12.2.